The van der Waals surface area contributed by atoms with Crippen molar-refractivity contribution in [2.24, 2.45) is 7.05 Å². The molecule has 0 unspecified atom stereocenters. The number of methoxy groups -OCH3 is 2. The van der Waals surface area contributed by atoms with Gasteiger partial charge in [0, 0.05) is 44.7 Å². The molecule has 12 nitrogen and oxygen atoms in total. The van der Waals surface area contributed by atoms with Crippen LogP contribution in [0.15, 0.2) is 42.5 Å². The number of rotatable bonds is 7. The van der Waals surface area contributed by atoms with Crippen LogP contribution in [-0.4, -0.2) is 89.2 Å². The third-order valence-electron chi connectivity index (χ3n) is 7.77. The maximum atomic E-state index is 13.6. The molecule has 3 heterocycles. The van der Waals surface area contributed by atoms with Crippen molar-refractivity contribution in [3.63, 3.8) is 0 Å². The number of likely N-dealkylation sites (tertiary alicyclic amines) is 1. The third-order valence-corrected chi connectivity index (χ3v) is 7.77. The van der Waals surface area contributed by atoms with Gasteiger partial charge in [-0.2, -0.15) is 5.10 Å². The fourth-order valence-electron chi connectivity index (χ4n) is 5.51. The highest BCUT2D eigenvalue weighted by Crippen LogP contribution is 2.32. The zero-order chi connectivity index (χ0) is 30.9. The molecule has 1 aromatic heterocycles. The smallest absolute Gasteiger partial charge is 0.410 e. The monoisotopic (exact) mass is 592 g/mol. The molecule has 2 aliphatic heterocycles. The Morgan fingerprint density at radius 1 is 1.07 bits per heavy atom. The first-order valence-electron chi connectivity index (χ1n) is 14.5. The summed E-state index contributed by atoms with van der Waals surface area (Å²) in [4.78, 5) is 43.5. The van der Waals surface area contributed by atoms with Crippen LogP contribution in [0.1, 0.15) is 39.2 Å². The molecule has 0 saturated carbocycles. The van der Waals surface area contributed by atoms with Crippen molar-refractivity contribution in [3.8, 4) is 5.75 Å². The fourth-order valence-corrected chi connectivity index (χ4v) is 5.51. The van der Waals surface area contributed by atoms with E-state index in [1.165, 1.54) is 4.90 Å². The lowest BCUT2D eigenvalue weighted by Gasteiger charge is -2.38. The van der Waals surface area contributed by atoms with E-state index in [1.54, 1.807) is 28.7 Å². The van der Waals surface area contributed by atoms with E-state index in [9.17, 15) is 14.4 Å². The van der Waals surface area contributed by atoms with Gasteiger partial charge in [0.25, 0.3) is 0 Å². The summed E-state index contributed by atoms with van der Waals surface area (Å²) in [5.74, 6) is 1.01. The van der Waals surface area contributed by atoms with E-state index in [0.717, 1.165) is 22.2 Å². The lowest BCUT2D eigenvalue weighted by Crippen LogP contribution is -2.53. The summed E-state index contributed by atoms with van der Waals surface area (Å²) in [5, 5.41) is 9.06. The van der Waals surface area contributed by atoms with Crippen molar-refractivity contribution in [1.82, 2.24) is 19.6 Å². The number of carbonyl (C=O) groups is 3. The zero-order valence-corrected chi connectivity index (χ0v) is 25.6. The number of ether oxygens (including phenoxy) is 3. The van der Waals surface area contributed by atoms with E-state index in [0.29, 0.717) is 31.1 Å². The number of benzene rings is 2. The second-order valence-corrected chi connectivity index (χ2v) is 11.9. The number of aromatic nitrogens is 2. The largest absolute Gasteiger partial charge is 0.497 e. The van der Waals surface area contributed by atoms with Gasteiger partial charge in [-0.15, -0.1) is 0 Å². The lowest BCUT2D eigenvalue weighted by molar-refractivity contribution is -0.129. The number of hydrogen-bond acceptors (Lipinski definition) is 8. The highest BCUT2D eigenvalue weighted by molar-refractivity contribution is 6.09. The van der Waals surface area contributed by atoms with Crippen LogP contribution >= 0.6 is 0 Å². The molecule has 0 spiro atoms. The molecular weight excluding hydrogens is 552 g/mol. The summed E-state index contributed by atoms with van der Waals surface area (Å²) in [6.07, 6.45) is 0.333. The maximum absolute atomic E-state index is 13.6. The van der Waals surface area contributed by atoms with Crippen molar-refractivity contribution in [2.75, 3.05) is 44.1 Å². The van der Waals surface area contributed by atoms with Gasteiger partial charge in [-0.3, -0.25) is 19.3 Å². The van der Waals surface area contributed by atoms with E-state index in [-0.39, 0.29) is 43.7 Å². The average Bonchev–Trinajstić information content (AvgIpc) is 3.30. The van der Waals surface area contributed by atoms with Crippen LogP contribution in [0.3, 0.4) is 0 Å². The molecule has 230 valence electrons. The Hall–Kier alpha value is -4.32. The first kappa shape index (κ1) is 30.1. The van der Waals surface area contributed by atoms with Gasteiger partial charge < -0.3 is 24.4 Å². The van der Waals surface area contributed by atoms with Gasteiger partial charge in [0.1, 0.15) is 11.4 Å². The summed E-state index contributed by atoms with van der Waals surface area (Å²) >= 11 is 0. The molecule has 4 amide bonds. The molecule has 0 bridgehead atoms. The number of amides is 4. The molecule has 2 aromatic carbocycles. The highest BCUT2D eigenvalue weighted by atomic mass is 16.6. The number of anilines is 2. The molecule has 0 radical (unpaired) electrons. The van der Waals surface area contributed by atoms with Gasteiger partial charge in [0.2, 0.25) is 5.91 Å². The van der Waals surface area contributed by atoms with E-state index >= 15 is 0 Å². The fraction of sp³-hybridized carbons (Fsp3) is 0.484. The predicted molar refractivity (Wildman–Crippen MR) is 162 cm³/mol. The number of urea groups is 1. The van der Waals surface area contributed by atoms with Crippen molar-refractivity contribution < 1.29 is 28.6 Å². The minimum atomic E-state index is -0.560. The van der Waals surface area contributed by atoms with Crippen LogP contribution in [0.5, 0.6) is 5.75 Å². The van der Waals surface area contributed by atoms with Crippen LogP contribution in [0.4, 0.5) is 21.1 Å². The normalized spacial score (nSPS) is 19.6. The number of imide groups is 1. The Morgan fingerprint density at radius 3 is 2.49 bits per heavy atom. The number of carbonyl (C=O) groups excluding carboxylic acids is 3. The topological polar surface area (TPSA) is 118 Å². The van der Waals surface area contributed by atoms with E-state index in [1.807, 2.05) is 70.3 Å². The molecular formula is C31H40N6O6. The van der Waals surface area contributed by atoms with Crippen LogP contribution in [0.2, 0.25) is 0 Å². The molecule has 2 saturated heterocycles. The van der Waals surface area contributed by atoms with E-state index in [4.69, 9.17) is 14.2 Å². The van der Waals surface area contributed by atoms with Crippen molar-refractivity contribution in [2.45, 2.75) is 57.9 Å². The Balaban J connectivity index is 1.30. The Bertz CT molecular complexity index is 1500. The van der Waals surface area contributed by atoms with Crippen molar-refractivity contribution in [3.05, 3.63) is 48.0 Å². The second kappa shape index (κ2) is 12.1. The van der Waals surface area contributed by atoms with Gasteiger partial charge in [0.05, 0.1) is 37.9 Å². The van der Waals surface area contributed by atoms with E-state index in [2.05, 4.69) is 10.4 Å². The number of hydrogen-bond donors (Lipinski definition) is 1. The molecule has 2 aliphatic rings. The first-order chi connectivity index (χ1) is 20.5. The summed E-state index contributed by atoms with van der Waals surface area (Å²) in [6.45, 7) is 6.96. The average molecular weight is 593 g/mol. The third kappa shape index (κ3) is 6.53. The van der Waals surface area contributed by atoms with Gasteiger partial charge in [-0.25, -0.2) is 9.59 Å². The quantitative estimate of drug-likeness (QED) is 0.430. The first-order valence-corrected chi connectivity index (χ1v) is 14.5. The van der Waals surface area contributed by atoms with Crippen molar-refractivity contribution in [1.29, 1.82) is 0 Å². The van der Waals surface area contributed by atoms with Gasteiger partial charge >= 0.3 is 12.1 Å². The SMILES string of the molecule is COc1ccc(CN2C(=O)CCN(c3nn(C)c4cc(N[C@@H]5CCN(C(=O)OC(C)(C)C)C[C@H]5OC)ccc34)C2=O)cc1. The van der Waals surface area contributed by atoms with Gasteiger partial charge in [0.15, 0.2) is 5.82 Å². The summed E-state index contributed by atoms with van der Waals surface area (Å²) in [6, 6.07) is 12.8. The van der Waals surface area contributed by atoms with Gasteiger partial charge in [-0.1, -0.05) is 12.1 Å². The molecule has 3 aromatic rings. The number of piperidine rings is 1. The lowest BCUT2D eigenvalue weighted by atomic mass is 10.0. The number of nitrogens with zero attached hydrogens (tertiary/aromatic N) is 5. The van der Waals surface area contributed by atoms with Crippen LogP contribution < -0.4 is 15.0 Å². The molecule has 1 N–H and O–H groups in total. The standard InChI is InChI=1S/C31H40N6O6/c1-31(2,3)43-30(40)35-15-13-24(26(19-35)42-6)32-21-9-12-23-25(17-21)34(4)33-28(23)36-16-14-27(38)37(29(36)39)18-20-7-10-22(41-5)11-8-20/h7-12,17,24,26,32H,13-16,18-19H2,1-6H3/t24-,26-/m1/s1. The molecule has 43 heavy (non-hydrogen) atoms. The van der Waals surface area contributed by atoms with Crippen molar-refractivity contribution >= 4 is 40.4 Å². The summed E-state index contributed by atoms with van der Waals surface area (Å²) < 4.78 is 18.3. The summed E-state index contributed by atoms with van der Waals surface area (Å²) in [7, 11) is 5.07. The minimum Gasteiger partial charge on any atom is -0.497 e. The second-order valence-electron chi connectivity index (χ2n) is 11.9. The highest BCUT2D eigenvalue weighted by Gasteiger charge is 2.36. The van der Waals surface area contributed by atoms with E-state index < -0.39 is 11.6 Å². The van der Waals surface area contributed by atoms with Crippen LogP contribution in [0.25, 0.3) is 10.9 Å². The number of aryl methyl sites for hydroxylation is 1. The minimum absolute atomic E-state index is 0.0185. The number of fused-ring (bicyclic) bond motifs is 1. The number of nitrogens with one attached hydrogen (secondary N) is 1. The molecule has 2 fully saturated rings. The molecule has 5 rings (SSSR count). The Labute approximate surface area is 251 Å². The molecule has 12 heteroatoms. The Morgan fingerprint density at radius 2 is 1.81 bits per heavy atom. The summed E-state index contributed by atoms with van der Waals surface area (Å²) in [5.41, 5.74) is 1.99. The molecule has 2 atom stereocenters. The van der Waals surface area contributed by atoms with Crippen LogP contribution in [-0.2, 0) is 27.9 Å². The van der Waals surface area contributed by atoms with Crippen LogP contribution in [0, 0.1) is 0 Å². The van der Waals surface area contributed by atoms with Gasteiger partial charge in [-0.05, 0) is 63.1 Å². The maximum Gasteiger partial charge on any atom is 0.410 e. The zero-order valence-electron chi connectivity index (χ0n) is 25.6. The Kier molecular flexibility index (Phi) is 8.50. The molecule has 0 aliphatic carbocycles. The predicted octanol–water partition coefficient (Wildman–Crippen LogP) is 4.38.